The van der Waals surface area contributed by atoms with Crippen molar-refractivity contribution in [2.45, 2.75) is 26.4 Å². The molecule has 1 aromatic rings. The van der Waals surface area contributed by atoms with E-state index < -0.39 is 21.2 Å². The molecule has 0 radical (unpaired) electrons. The number of hydrogen-bond acceptors (Lipinski definition) is 4. The molecule has 0 spiro atoms. The van der Waals surface area contributed by atoms with E-state index in [1.807, 2.05) is 6.07 Å². The van der Waals surface area contributed by atoms with Gasteiger partial charge < -0.3 is 9.84 Å². The van der Waals surface area contributed by atoms with Gasteiger partial charge in [0.2, 0.25) is 0 Å². The first-order valence-corrected chi connectivity index (χ1v) is 8.19. The van der Waals surface area contributed by atoms with Gasteiger partial charge in [0.25, 0.3) is 0 Å². The molecule has 0 aromatic heterocycles. The number of aliphatic carboxylic acids is 1. The van der Waals surface area contributed by atoms with E-state index in [-0.39, 0.29) is 17.6 Å². The van der Waals surface area contributed by atoms with E-state index >= 15 is 0 Å². The fourth-order valence-electron chi connectivity index (χ4n) is 2.09. The molecular formula is C14H18O5S. The molecule has 2 rings (SSSR count). The molecule has 1 N–H and O–H groups in total. The van der Waals surface area contributed by atoms with Crippen molar-refractivity contribution in [1.82, 2.24) is 0 Å². The summed E-state index contributed by atoms with van der Waals surface area (Å²) < 4.78 is 27.7. The number of sulfone groups is 1. The highest BCUT2D eigenvalue weighted by Crippen LogP contribution is 2.26. The summed E-state index contributed by atoms with van der Waals surface area (Å²) in [4.78, 5) is 11.1. The third-order valence-electron chi connectivity index (χ3n) is 3.31. The summed E-state index contributed by atoms with van der Waals surface area (Å²) in [7, 11) is -2.90. The van der Waals surface area contributed by atoms with E-state index in [0.717, 1.165) is 5.56 Å². The molecule has 0 amide bonds. The van der Waals surface area contributed by atoms with E-state index in [0.29, 0.717) is 12.2 Å². The van der Waals surface area contributed by atoms with Crippen molar-refractivity contribution < 1.29 is 23.1 Å². The minimum absolute atomic E-state index is 0.0534. The lowest BCUT2D eigenvalue weighted by Crippen LogP contribution is -2.45. The molecule has 1 saturated heterocycles. The molecular weight excluding hydrogens is 280 g/mol. The number of carbonyl (C=O) groups is 1. The SMILES string of the molecule is CC(C)(Cc1cccc(OC2CS(=O)(=O)C2)c1)C(=O)O. The van der Waals surface area contributed by atoms with Crippen LogP contribution < -0.4 is 4.74 Å². The maximum Gasteiger partial charge on any atom is 0.309 e. The van der Waals surface area contributed by atoms with Gasteiger partial charge in [0, 0.05) is 0 Å². The van der Waals surface area contributed by atoms with Crippen molar-refractivity contribution in [1.29, 1.82) is 0 Å². The molecule has 1 aliphatic rings. The van der Waals surface area contributed by atoms with Crippen molar-refractivity contribution in [3.63, 3.8) is 0 Å². The minimum atomic E-state index is -2.90. The van der Waals surface area contributed by atoms with Crippen LogP contribution in [0.5, 0.6) is 5.75 Å². The van der Waals surface area contributed by atoms with Gasteiger partial charge in [-0.25, -0.2) is 8.42 Å². The van der Waals surface area contributed by atoms with Gasteiger partial charge in [-0.15, -0.1) is 0 Å². The summed E-state index contributed by atoms with van der Waals surface area (Å²) in [5.41, 5.74) is 0.00963. The molecule has 1 aliphatic heterocycles. The van der Waals surface area contributed by atoms with Crippen LogP contribution in [0.15, 0.2) is 24.3 Å². The van der Waals surface area contributed by atoms with E-state index in [1.54, 1.807) is 32.0 Å². The molecule has 1 aromatic carbocycles. The monoisotopic (exact) mass is 298 g/mol. The second kappa shape index (κ2) is 5.09. The zero-order valence-corrected chi connectivity index (χ0v) is 12.3. The molecule has 0 saturated carbocycles. The normalized spacial score (nSPS) is 18.3. The van der Waals surface area contributed by atoms with E-state index in [1.165, 1.54) is 0 Å². The maximum absolute atomic E-state index is 11.1. The Kier molecular flexibility index (Phi) is 3.77. The zero-order chi connectivity index (χ0) is 15.0. The van der Waals surface area contributed by atoms with Crippen LogP contribution in [0, 0.1) is 5.41 Å². The van der Waals surface area contributed by atoms with Crippen LogP contribution in [0.2, 0.25) is 0 Å². The van der Waals surface area contributed by atoms with Gasteiger partial charge in [-0.2, -0.15) is 0 Å². The Morgan fingerprint density at radius 2 is 2.05 bits per heavy atom. The number of carboxylic acids is 1. The fraction of sp³-hybridized carbons (Fsp3) is 0.500. The van der Waals surface area contributed by atoms with Gasteiger partial charge in [0.15, 0.2) is 9.84 Å². The lowest BCUT2D eigenvalue weighted by atomic mass is 9.86. The Morgan fingerprint density at radius 3 is 2.60 bits per heavy atom. The predicted molar refractivity (Wildman–Crippen MR) is 74.6 cm³/mol. The highest BCUT2D eigenvalue weighted by atomic mass is 32.2. The minimum Gasteiger partial charge on any atom is -0.488 e. The van der Waals surface area contributed by atoms with Gasteiger partial charge in [0.05, 0.1) is 16.9 Å². The first-order chi connectivity index (χ1) is 9.18. The number of ether oxygens (including phenoxy) is 1. The van der Waals surface area contributed by atoms with Crippen molar-refractivity contribution in [2.75, 3.05) is 11.5 Å². The second-order valence-electron chi connectivity index (χ2n) is 5.83. The summed E-state index contributed by atoms with van der Waals surface area (Å²) in [5, 5.41) is 9.12. The first kappa shape index (κ1) is 14.8. The summed E-state index contributed by atoms with van der Waals surface area (Å²) in [6, 6.07) is 7.16. The standard InChI is InChI=1S/C14H18O5S/c1-14(2,13(15)16)7-10-4-3-5-11(6-10)19-12-8-20(17,18)9-12/h3-6,12H,7-9H2,1-2H3,(H,15,16). The predicted octanol–water partition coefficient (Wildman–Crippen LogP) is 1.52. The average Bonchev–Trinajstić information content (AvgIpc) is 2.26. The third kappa shape index (κ3) is 3.50. The highest BCUT2D eigenvalue weighted by Gasteiger charge is 2.35. The molecule has 0 aliphatic carbocycles. The molecule has 0 atom stereocenters. The Labute approximate surface area is 118 Å². The van der Waals surface area contributed by atoms with Crippen LogP contribution in [0.25, 0.3) is 0 Å². The largest absolute Gasteiger partial charge is 0.488 e. The molecule has 0 unspecified atom stereocenters. The summed E-state index contributed by atoms with van der Waals surface area (Å²) >= 11 is 0. The van der Waals surface area contributed by atoms with Gasteiger partial charge in [0.1, 0.15) is 11.9 Å². The van der Waals surface area contributed by atoms with Gasteiger partial charge in [-0.05, 0) is 38.0 Å². The quantitative estimate of drug-likeness (QED) is 0.891. The van der Waals surface area contributed by atoms with Crippen molar-refractivity contribution in [3.05, 3.63) is 29.8 Å². The van der Waals surface area contributed by atoms with Crippen molar-refractivity contribution in [2.24, 2.45) is 5.41 Å². The van der Waals surface area contributed by atoms with Crippen LogP contribution >= 0.6 is 0 Å². The number of carboxylic acid groups (broad SMARTS) is 1. The molecule has 110 valence electrons. The lowest BCUT2D eigenvalue weighted by molar-refractivity contribution is -0.146. The average molecular weight is 298 g/mol. The molecule has 1 heterocycles. The number of rotatable bonds is 5. The zero-order valence-electron chi connectivity index (χ0n) is 11.5. The third-order valence-corrected chi connectivity index (χ3v) is 5.07. The topological polar surface area (TPSA) is 80.7 Å². The molecule has 1 fully saturated rings. The van der Waals surface area contributed by atoms with Crippen LogP contribution in [-0.2, 0) is 21.1 Å². The van der Waals surface area contributed by atoms with Gasteiger partial charge in [-0.1, -0.05) is 12.1 Å². The molecule has 6 heteroatoms. The molecule has 0 bridgehead atoms. The maximum atomic E-state index is 11.1. The van der Waals surface area contributed by atoms with Crippen molar-refractivity contribution >= 4 is 15.8 Å². The fourth-order valence-corrected chi connectivity index (χ4v) is 3.26. The summed E-state index contributed by atoms with van der Waals surface area (Å²) in [6.45, 7) is 3.34. The van der Waals surface area contributed by atoms with E-state index in [4.69, 9.17) is 9.84 Å². The molecule has 5 nitrogen and oxygen atoms in total. The number of benzene rings is 1. The Morgan fingerprint density at radius 1 is 1.40 bits per heavy atom. The van der Waals surface area contributed by atoms with E-state index in [2.05, 4.69) is 0 Å². The first-order valence-electron chi connectivity index (χ1n) is 6.37. The van der Waals surface area contributed by atoms with Crippen LogP contribution in [0.4, 0.5) is 0 Å². The summed E-state index contributed by atoms with van der Waals surface area (Å²) in [6.07, 6.45) is 0.102. The Balaban J connectivity index is 2.03. The molecule has 20 heavy (non-hydrogen) atoms. The van der Waals surface area contributed by atoms with Crippen LogP contribution in [0.1, 0.15) is 19.4 Å². The van der Waals surface area contributed by atoms with Gasteiger partial charge >= 0.3 is 5.97 Å². The smallest absolute Gasteiger partial charge is 0.309 e. The van der Waals surface area contributed by atoms with Crippen molar-refractivity contribution in [3.8, 4) is 5.75 Å². The Hall–Kier alpha value is -1.56. The van der Waals surface area contributed by atoms with Crippen LogP contribution in [0.3, 0.4) is 0 Å². The number of hydrogen-bond donors (Lipinski definition) is 1. The highest BCUT2D eigenvalue weighted by molar-refractivity contribution is 7.92. The van der Waals surface area contributed by atoms with Gasteiger partial charge in [-0.3, -0.25) is 4.79 Å². The lowest BCUT2D eigenvalue weighted by Gasteiger charge is -2.27. The Bertz CT molecular complexity index is 606. The summed E-state index contributed by atoms with van der Waals surface area (Å²) in [5.74, 6) is -0.159. The second-order valence-corrected chi connectivity index (χ2v) is 7.98. The van der Waals surface area contributed by atoms with E-state index in [9.17, 15) is 13.2 Å². The van der Waals surface area contributed by atoms with Crippen LogP contribution in [-0.4, -0.2) is 37.1 Å².